The molecule has 0 aliphatic rings. The molecule has 0 saturated carbocycles. The third-order valence-electron chi connectivity index (χ3n) is 4.16. The van der Waals surface area contributed by atoms with Gasteiger partial charge in [0, 0.05) is 16.7 Å². The van der Waals surface area contributed by atoms with Crippen LogP contribution in [0.25, 0.3) is 10.2 Å². The van der Waals surface area contributed by atoms with E-state index in [0.717, 1.165) is 31.0 Å². The minimum absolute atomic E-state index is 0. The average molecular weight is 516 g/mol. The van der Waals surface area contributed by atoms with Gasteiger partial charge in [-0.25, -0.2) is 4.98 Å². The van der Waals surface area contributed by atoms with Gasteiger partial charge in [0.2, 0.25) is 0 Å². The first kappa shape index (κ1) is 22.1. The molecule has 2 aromatic carbocycles. The van der Waals surface area contributed by atoms with Gasteiger partial charge in [-0.3, -0.25) is 9.69 Å². The van der Waals surface area contributed by atoms with Crippen molar-refractivity contribution in [3.8, 4) is 0 Å². The largest absolute Gasteiger partial charge is 0.308 e. The van der Waals surface area contributed by atoms with Crippen LogP contribution in [0.1, 0.15) is 21.5 Å². The Labute approximate surface area is 184 Å². The molecule has 0 N–H and O–H groups in total. The van der Waals surface area contributed by atoms with E-state index in [1.165, 1.54) is 11.1 Å². The van der Waals surface area contributed by atoms with E-state index in [2.05, 4.69) is 53.5 Å². The van der Waals surface area contributed by atoms with Gasteiger partial charge >= 0.3 is 0 Å². The number of fused-ring (bicyclic) bond motifs is 1. The first-order chi connectivity index (χ1) is 12.4. The molecular weight excluding hydrogens is 493 g/mol. The van der Waals surface area contributed by atoms with Crippen molar-refractivity contribution in [3.63, 3.8) is 0 Å². The van der Waals surface area contributed by atoms with Gasteiger partial charge in [0.15, 0.2) is 5.13 Å². The summed E-state index contributed by atoms with van der Waals surface area (Å²) in [6.45, 7) is 5.56. The Morgan fingerprint density at radius 3 is 2.52 bits per heavy atom. The number of aromatic nitrogens is 1. The van der Waals surface area contributed by atoms with E-state index < -0.39 is 0 Å². The van der Waals surface area contributed by atoms with Crippen LogP contribution in [0.3, 0.4) is 0 Å². The smallest absolute Gasteiger partial charge is 0.261 e. The molecule has 0 radical (unpaired) electrons. The predicted octanol–water partition coefficient (Wildman–Crippen LogP) is 5.15. The highest BCUT2D eigenvalue weighted by molar-refractivity contribution is 14.1. The Balaban J connectivity index is 0.00000261. The number of hydrogen-bond acceptors (Lipinski definition) is 4. The zero-order chi connectivity index (χ0) is 18.8. The number of benzene rings is 2. The lowest BCUT2D eigenvalue weighted by atomic mass is 10.1. The molecule has 0 bridgehead atoms. The molecule has 144 valence electrons. The topological polar surface area (TPSA) is 36.4 Å². The Kier molecular flexibility index (Phi) is 7.62. The van der Waals surface area contributed by atoms with Gasteiger partial charge in [0.1, 0.15) is 0 Å². The number of rotatable bonds is 5. The first-order valence-corrected chi connectivity index (χ1v) is 10.3. The van der Waals surface area contributed by atoms with Gasteiger partial charge in [-0.2, -0.15) is 0 Å². The van der Waals surface area contributed by atoms with Crippen LogP contribution in [0.15, 0.2) is 36.4 Å². The second kappa shape index (κ2) is 9.32. The molecule has 0 unspecified atom stereocenters. The van der Waals surface area contributed by atoms with E-state index in [4.69, 9.17) is 4.98 Å². The van der Waals surface area contributed by atoms with Crippen LogP contribution in [-0.4, -0.2) is 43.0 Å². The summed E-state index contributed by atoms with van der Waals surface area (Å²) in [5, 5.41) is 0.764. The van der Waals surface area contributed by atoms with Crippen molar-refractivity contribution in [3.05, 3.63) is 56.7 Å². The van der Waals surface area contributed by atoms with Crippen molar-refractivity contribution < 1.29 is 4.79 Å². The van der Waals surface area contributed by atoms with Crippen molar-refractivity contribution in [1.82, 2.24) is 9.88 Å². The van der Waals surface area contributed by atoms with Crippen molar-refractivity contribution >= 4 is 67.6 Å². The number of nitrogens with zero attached hydrogens (tertiary/aromatic N) is 3. The molecule has 0 aliphatic carbocycles. The summed E-state index contributed by atoms with van der Waals surface area (Å²) in [7, 11) is 4.03. The third kappa shape index (κ3) is 4.99. The maximum absolute atomic E-state index is 13.3. The molecule has 1 heterocycles. The highest BCUT2D eigenvalue weighted by Crippen LogP contribution is 2.33. The van der Waals surface area contributed by atoms with Crippen LogP contribution in [0, 0.1) is 17.4 Å². The van der Waals surface area contributed by atoms with E-state index in [0.29, 0.717) is 6.54 Å². The van der Waals surface area contributed by atoms with E-state index >= 15 is 0 Å². The molecule has 1 aromatic heterocycles. The molecular formula is C20H23ClIN3OS. The van der Waals surface area contributed by atoms with Gasteiger partial charge in [0.05, 0.1) is 15.8 Å². The van der Waals surface area contributed by atoms with E-state index in [-0.39, 0.29) is 18.3 Å². The van der Waals surface area contributed by atoms with E-state index in [1.54, 1.807) is 11.3 Å². The molecule has 1 amide bonds. The second-order valence-electron chi connectivity index (χ2n) is 6.67. The number of halogens is 2. The molecule has 0 spiro atoms. The zero-order valence-corrected chi connectivity index (χ0v) is 19.6. The molecule has 3 aromatic rings. The van der Waals surface area contributed by atoms with Crippen molar-refractivity contribution in [2.24, 2.45) is 0 Å². The lowest BCUT2D eigenvalue weighted by Crippen LogP contribution is -2.37. The standard InChI is InChI=1S/C20H22IN3OS.ClH/c1-13-11-14(2)18-17(12-13)22-20(26-18)24(10-9-23(3)4)19(25)15-7-5-6-8-16(15)21;/h5-8,11-12H,9-10H2,1-4H3;1H. The van der Waals surface area contributed by atoms with Crippen LogP contribution in [0.5, 0.6) is 0 Å². The first-order valence-electron chi connectivity index (χ1n) is 8.45. The van der Waals surface area contributed by atoms with Crippen molar-refractivity contribution in [2.75, 3.05) is 32.1 Å². The van der Waals surface area contributed by atoms with Crippen LogP contribution in [0.2, 0.25) is 0 Å². The average Bonchev–Trinajstić information content (AvgIpc) is 2.99. The summed E-state index contributed by atoms with van der Waals surface area (Å²) >= 11 is 3.81. The van der Waals surface area contributed by atoms with Crippen LogP contribution in [0.4, 0.5) is 5.13 Å². The molecule has 0 aliphatic heterocycles. The lowest BCUT2D eigenvalue weighted by molar-refractivity contribution is 0.0984. The van der Waals surface area contributed by atoms with Crippen LogP contribution in [-0.2, 0) is 0 Å². The fourth-order valence-corrected chi connectivity index (χ4v) is 4.50. The van der Waals surface area contributed by atoms with Crippen molar-refractivity contribution in [2.45, 2.75) is 13.8 Å². The van der Waals surface area contributed by atoms with Crippen LogP contribution < -0.4 is 4.90 Å². The summed E-state index contributed by atoms with van der Waals surface area (Å²) in [5.74, 6) is 0.00489. The minimum atomic E-state index is 0. The van der Waals surface area contributed by atoms with Gasteiger partial charge in [0.25, 0.3) is 5.91 Å². The normalized spacial score (nSPS) is 10.9. The SMILES string of the molecule is Cc1cc(C)c2sc(N(CCN(C)C)C(=O)c3ccccc3I)nc2c1.Cl. The summed E-state index contributed by atoms with van der Waals surface area (Å²) in [6.07, 6.45) is 0. The van der Waals surface area contributed by atoms with Gasteiger partial charge in [-0.05, 0) is 79.9 Å². The molecule has 7 heteroatoms. The maximum atomic E-state index is 13.3. The number of amides is 1. The summed E-state index contributed by atoms with van der Waals surface area (Å²) in [6, 6.07) is 12.0. The Bertz CT molecular complexity index is 958. The number of carbonyl (C=O) groups is 1. The Morgan fingerprint density at radius 1 is 1.15 bits per heavy atom. The number of anilines is 1. The van der Waals surface area contributed by atoms with Gasteiger partial charge < -0.3 is 4.90 Å². The van der Waals surface area contributed by atoms with Gasteiger partial charge in [-0.15, -0.1) is 12.4 Å². The number of aryl methyl sites for hydroxylation is 2. The second-order valence-corrected chi connectivity index (χ2v) is 8.81. The minimum Gasteiger partial charge on any atom is -0.308 e. The summed E-state index contributed by atoms with van der Waals surface area (Å²) in [5.41, 5.74) is 4.08. The van der Waals surface area contributed by atoms with E-state index in [9.17, 15) is 4.79 Å². The van der Waals surface area contributed by atoms with Crippen molar-refractivity contribution in [1.29, 1.82) is 0 Å². The van der Waals surface area contributed by atoms with Gasteiger partial charge in [-0.1, -0.05) is 29.5 Å². The molecule has 0 atom stereocenters. The summed E-state index contributed by atoms with van der Waals surface area (Å²) < 4.78 is 2.11. The number of likely N-dealkylation sites (N-methyl/N-ethyl adjacent to an activating group) is 1. The zero-order valence-electron chi connectivity index (χ0n) is 15.8. The number of thiazole rings is 1. The Hall–Kier alpha value is -1.22. The summed E-state index contributed by atoms with van der Waals surface area (Å²) in [4.78, 5) is 22.0. The highest BCUT2D eigenvalue weighted by Gasteiger charge is 2.23. The molecule has 3 rings (SSSR count). The van der Waals surface area contributed by atoms with Crippen LogP contribution >= 0.6 is 46.3 Å². The highest BCUT2D eigenvalue weighted by atomic mass is 127. The maximum Gasteiger partial charge on any atom is 0.261 e. The molecule has 0 fully saturated rings. The lowest BCUT2D eigenvalue weighted by Gasteiger charge is -2.22. The number of hydrogen-bond donors (Lipinski definition) is 0. The predicted molar refractivity (Wildman–Crippen MR) is 126 cm³/mol. The molecule has 27 heavy (non-hydrogen) atoms. The monoisotopic (exact) mass is 515 g/mol. The fourth-order valence-electron chi connectivity index (χ4n) is 2.84. The third-order valence-corrected chi connectivity index (χ3v) is 6.33. The number of carbonyl (C=O) groups excluding carboxylic acids is 1. The Morgan fingerprint density at radius 2 is 1.85 bits per heavy atom. The fraction of sp³-hybridized carbons (Fsp3) is 0.300. The molecule has 4 nitrogen and oxygen atoms in total. The molecule has 0 saturated heterocycles. The van der Waals surface area contributed by atoms with E-state index in [1.807, 2.05) is 43.3 Å². The quantitative estimate of drug-likeness (QED) is 0.441.